The fraction of sp³-hybridized carbons (Fsp3) is 0.450. The average Bonchev–Trinajstić information content (AvgIpc) is 2.60. The van der Waals surface area contributed by atoms with E-state index < -0.39 is 0 Å². The zero-order valence-electron chi connectivity index (χ0n) is 15.4. The van der Waals surface area contributed by atoms with Gasteiger partial charge in [-0.05, 0) is 70.3 Å². The number of aryl methyl sites for hydroxylation is 3. The summed E-state index contributed by atoms with van der Waals surface area (Å²) in [5, 5.41) is 21.8. The van der Waals surface area contributed by atoms with E-state index in [0.717, 1.165) is 36.3 Å². The van der Waals surface area contributed by atoms with Crippen LogP contribution in [0.3, 0.4) is 0 Å². The molecule has 132 valence electrons. The van der Waals surface area contributed by atoms with Crippen molar-refractivity contribution in [3.63, 3.8) is 0 Å². The first kappa shape index (κ1) is 19.0. The minimum atomic E-state index is -0.284. The average molecular weight is 338 g/mol. The van der Waals surface area contributed by atoms with Crippen molar-refractivity contribution in [1.29, 1.82) is 5.26 Å². The number of hydrogen-bond donors (Lipinski definition) is 2. The lowest BCUT2D eigenvalue weighted by Crippen LogP contribution is -2.43. The van der Waals surface area contributed by atoms with Gasteiger partial charge in [-0.1, -0.05) is 12.1 Å². The number of aliphatic hydroxyl groups is 1. The molecule has 0 atom stereocenters. The van der Waals surface area contributed by atoms with E-state index in [1.807, 2.05) is 26.0 Å². The molecule has 5 nitrogen and oxygen atoms in total. The second kappa shape index (κ2) is 8.19. The maximum Gasteiger partial charge on any atom is 0.232 e. The first-order valence-corrected chi connectivity index (χ1v) is 8.56. The number of nitriles is 1. The summed E-state index contributed by atoms with van der Waals surface area (Å²) in [6.45, 7) is 8.94. The minimum absolute atomic E-state index is 0.0933. The van der Waals surface area contributed by atoms with E-state index >= 15 is 0 Å². The first-order chi connectivity index (χ1) is 11.8. The van der Waals surface area contributed by atoms with E-state index in [9.17, 15) is 10.4 Å². The molecular formula is C20H26N4O. The number of nitrogens with zero attached hydrogens (tertiary/aromatic N) is 3. The summed E-state index contributed by atoms with van der Waals surface area (Å²) < 4.78 is 0. The molecule has 0 radical (unpaired) electrons. The highest BCUT2D eigenvalue weighted by Crippen LogP contribution is 2.21. The van der Waals surface area contributed by atoms with Gasteiger partial charge < -0.3 is 10.4 Å². The molecule has 0 unspecified atom stereocenters. The summed E-state index contributed by atoms with van der Waals surface area (Å²) in [5.74, 6) is 0.203. The highest BCUT2D eigenvalue weighted by Gasteiger charge is 2.14. The van der Waals surface area contributed by atoms with Crippen molar-refractivity contribution in [3.8, 4) is 17.3 Å². The van der Waals surface area contributed by atoms with E-state index in [-0.39, 0.29) is 18.0 Å². The molecule has 0 aliphatic carbocycles. The van der Waals surface area contributed by atoms with Crippen LogP contribution in [0.2, 0.25) is 0 Å². The molecule has 0 aliphatic heterocycles. The van der Waals surface area contributed by atoms with Crippen LogP contribution in [-0.2, 0) is 6.42 Å². The van der Waals surface area contributed by atoms with Gasteiger partial charge in [0.2, 0.25) is 5.82 Å². The molecule has 0 saturated heterocycles. The number of benzene rings is 1. The Morgan fingerprint density at radius 2 is 1.92 bits per heavy atom. The van der Waals surface area contributed by atoms with Gasteiger partial charge in [0.1, 0.15) is 6.07 Å². The van der Waals surface area contributed by atoms with Gasteiger partial charge in [-0.15, -0.1) is 0 Å². The van der Waals surface area contributed by atoms with Crippen LogP contribution in [0.1, 0.15) is 42.9 Å². The quantitative estimate of drug-likeness (QED) is 0.759. The maximum atomic E-state index is 9.26. The van der Waals surface area contributed by atoms with E-state index in [1.54, 1.807) is 0 Å². The van der Waals surface area contributed by atoms with Crippen molar-refractivity contribution in [2.24, 2.45) is 0 Å². The Morgan fingerprint density at radius 1 is 1.16 bits per heavy atom. The zero-order chi connectivity index (χ0) is 18.4. The van der Waals surface area contributed by atoms with Crippen LogP contribution in [0.4, 0.5) is 0 Å². The third-order valence-electron chi connectivity index (χ3n) is 4.29. The summed E-state index contributed by atoms with van der Waals surface area (Å²) in [6.07, 6.45) is 1.63. The lowest BCUT2D eigenvalue weighted by atomic mass is 10.0. The SMILES string of the molecule is Cc1ccc(-c2cc(CCCNC(C)(C)CO)nc(C#N)n2)cc1C. The van der Waals surface area contributed by atoms with Gasteiger partial charge in [0.15, 0.2) is 0 Å². The molecule has 2 rings (SSSR count). The molecule has 0 aliphatic rings. The Labute approximate surface area is 149 Å². The van der Waals surface area contributed by atoms with Gasteiger partial charge >= 0.3 is 0 Å². The number of aromatic nitrogens is 2. The van der Waals surface area contributed by atoms with Crippen molar-refractivity contribution < 1.29 is 5.11 Å². The van der Waals surface area contributed by atoms with E-state index in [2.05, 4.69) is 47.3 Å². The Morgan fingerprint density at radius 3 is 2.56 bits per heavy atom. The molecule has 2 N–H and O–H groups in total. The summed E-state index contributed by atoms with van der Waals surface area (Å²) in [5.41, 5.74) is 4.80. The third kappa shape index (κ3) is 5.35. The van der Waals surface area contributed by atoms with E-state index in [0.29, 0.717) is 0 Å². The van der Waals surface area contributed by atoms with E-state index in [4.69, 9.17) is 0 Å². The number of hydrogen-bond acceptors (Lipinski definition) is 5. The summed E-state index contributed by atoms with van der Waals surface area (Å²) >= 11 is 0. The normalized spacial score (nSPS) is 11.4. The van der Waals surface area contributed by atoms with Crippen LogP contribution in [0, 0.1) is 25.2 Å². The van der Waals surface area contributed by atoms with Crippen LogP contribution in [0.5, 0.6) is 0 Å². The van der Waals surface area contributed by atoms with Crippen LogP contribution in [-0.4, -0.2) is 33.8 Å². The Balaban J connectivity index is 2.14. The molecule has 0 fully saturated rings. The molecule has 1 aromatic heterocycles. The summed E-state index contributed by atoms with van der Waals surface area (Å²) in [7, 11) is 0. The van der Waals surface area contributed by atoms with Gasteiger partial charge in [-0.25, -0.2) is 9.97 Å². The second-order valence-electron chi connectivity index (χ2n) is 7.05. The third-order valence-corrected chi connectivity index (χ3v) is 4.29. The molecule has 0 spiro atoms. The van der Waals surface area contributed by atoms with Crippen LogP contribution in [0.15, 0.2) is 24.3 Å². The van der Waals surface area contributed by atoms with Gasteiger partial charge in [0.05, 0.1) is 12.3 Å². The molecule has 25 heavy (non-hydrogen) atoms. The second-order valence-corrected chi connectivity index (χ2v) is 7.05. The Hall–Kier alpha value is -2.29. The highest BCUT2D eigenvalue weighted by molar-refractivity contribution is 5.61. The lowest BCUT2D eigenvalue weighted by Gasteiger charge is -2.23. The molecular weight excluding hydrogens is 312 g/mol. The largest absolute Gasteiger partial charge is 0.394 e. The van der Waals surface area contributed by atoms with Crippen molar-refractivity contribution in [2.45, 2.75) is 46.1 Å². The number of nitrogens with one attached hydrogen (secondary N) is 1. The summed E-state index contributed by atoms with van der Waals surface area (Å²) in [6, 6.07) is 10.2. The van der Waals surface area contributed by atoms with Gasteiger partial charge in [0.25, 0.3) is 0 Å². The van der Waals surface area contributed by atoms with Crippen LogP contribution >= 0.6 is 0 Å². The van der Waals surface area contributed by atoms with Crippen molar-refractivity contribution in [2.75, 3.05) is 13.2 Å². The Bertz CT molecular complexity index is 778. The molecule has 2 aromatic rings. The minimum Gasteiger partial charge on any atom is -0.394 e. The molecule has 1 heterocycles. The molecule has 0 amide bonds. The number of aliphatic hydroxyl groups excluding tert-OH is 1. The fourth-order valence-corrected chi connectivity index (χ4v) is 2.48. The fourth-order valence-electron chi connectivity index (χ4n) is 2.48. The number of rotatable bonds is 7. The van der Waals surface area contributed by atoms with Crippen LogP contribution < -0.4 is 5.32 Å². The van der Waals surface area contributed by atoms with Crippen molar-refractivity contribution in [1.82, 2.24) is 15.3 Å². The highest BCUT2D eigenvalue weighted by atomic mass is 16.3. The Kier molecular flexibility index (Phi) is 6.24. The molecule has 5 heteroatoms. The van der Waals surface area contributed by atoms with E-state index in [1.165, 1.54) is 11.1 Å². The van der Waals surface area contributed by atoms with Crippen molar-refractivity contribution >= 4 is 0 Å². The monoisotopic (exact) mass is 338 g/mol. The van der Waals surface area contributed by atoms with Gasteiger partial charge in [-0.3, -0.25) is 0 Å². The molecule has 0 saturated carbocycles. The molecule has 1 aromatic carbocycles. The topological polar surface area (TPSA) is 81.8 Å². The smallest absolute Gasteiger partial charge is 0.232 e. The standard InChI is InChI=1S/C20H26N4O/c1-14-7-8-16(10-15(14)2)18-11-17(23-19(12-21)24-18)6-5-9-22-20(3,4)13-25/h7-8,10-11,22,25H,5-6,9,13H2,1-4H3. The lowest BCUT2D eigenvalue weighted by molar-refractivity contribution is 0.188. The predicted molar refractivity (Wildman–Crippen MR) is 99.1 cm³/mol. The predicted octanol–water partition coefficient (Wildman–Crippen LogP) is 2.93. The first-order valence-electron chi connectivity index (χ1n) is 8.56. The molecule has 0 bridgehead atoms. The van der Waals surface area contributed by atoms with Crippen LogP contribution in [0.25, 0.3) is 11.3 Å². The zero-order valence-corrected chi connectivity index (χ0v) is 15.4. The van der Waals surface area contributed by atoms with Crippen molar-refractivity contribution in [3.05, 3.63) is 46.9 Å². The maximum absolute atomic E-state index is 9.26. The van der Waals surface area contributed by atoms with Gasteiger partial charge in [-0.2, -0.15) is 5.26 Å². The summed E-state index contributed by atoms with van der Waals surface area (Å²) in [4.78, 5) is 8.67. The van der Waals surface area contributed by atoms with Gasteiger partial charge in [0, 0.05) is 16.8 Å².